The predicted octanol–water partition coefficient (Wildman–Crippen LogP) is 2.36. The van der Waals surface area contributed by atoms with Crippen molar-refractivity contribution in [3.63, 3.8) is 0 Å². The average molecular weight is 314 g/mol. The molecule has 0 spiro atoms. The minimum atomic E-state index is -3.02. The molecular formula is C16H30N2O2S. The van der Waals surface area contributed by atoms with E-state index in [1.165, 1.54) is 32.1 Å². The zero-order valence-electron chi connectivity index (χ0n) is 13.1. The highest BCUT2D eigenvalue weighted by molar-refractivity contribution is 7.89. The summed E-state index contributed by atoms with van der Waals surface area (Å²) in [6.45, 7) is 2.58. The van der Waals surface area contributed by atoms with E-state index >= 15 is 0 Å². The molecule has 2 aliphatic carbocycles. The van der Waals surface area contributed by atoms with Crippen LogP contribution >= 0.6 is 0 Å². The minimum Gasteiger partial charge on any atom is -0.314 e. The third kappa shape index (κ3) is 4.67. The monoisotopic (exact) mass is 314 g/mol. The zero-order valence-corrected chi connectivity index (χ0v) is 13.9. The number of rotatable bonds is 6. The summed E-state index contributed by atoms with van der Waals surface area (Å²) >= 11 is 0. The van der Waals surface area contributed by atoms with Crippen LogP contribution in [0.25, 0.3) is 0 Å². The number of nitrogens with one attached hydrogen (secondary N) is 1. The van der Waals surface area contributed by atoms with Crippen LogP contribution in [0.4, 0.5) is 0 Å². The molecule has 1 heterocycles. The average Bonchev–Trinajstić information content (AvgIpc) is 3.30. The molecule has 1 saturated heterocycles. The normalized spacial score (nSPS) is 27.0. The van der Waals surface area contributed by atoms with Crippen molar-refractivity contribution >= 4 is 10.0 Å². The maximum absolute atomic E-state index is 12.5. The van der Waals surface area contributed by atoms with Crippen LogP contribution in [0.1, 0.15) is 57.8 Å². The third-order valence-electron chi connectivity index (χ3n) is 5.41. The Bertz CT molecular complexity index is 420. The molecule has 122 valence electrons. The van der Waals surface area contributed by atoms with Crippen LogP contribution in [-0.4, -0.2) is 44.2 Å². The molecule has 0 unspecified atom stereocenters. The Labute approximate surface area is 129 Å². The standard InChI is InChI=1S/C16H30N2O2S/c19-21(20,13-15-4-2-1-3-5-15)18-10-8-16(9-11-18)17-12-14-6-7-14/h14-17H,1-13H2. The first kappa shape index (κ1) is 15.8. The van der Waals surface area contributed by atoms with Gasteiger partial charge in [0, 0.05) is 19.1 Å². The highest BCUT2D eigenvalue weighted by Gasteiger charge is 2.31. The van der Waals surface area contributed by atoms with E-state index in [9.17, 15) is 8.42 Å². The van der Waals surface area contributed by atoms with Gasteiger partial charge in [-0.05, 0) is 56.9 Å². The fourth-order valence-corrected chi connectivity index (χ4v) is 5.66. The minimum absolute atomic E-state index is 0.396. The molecule has 21 heavy (non-hydrogen) atoms. The lowest BCUT2D eigenvalue weighted by Crippen LogP contribution is -2.46. The Morgan fingerprint density at radius 2 is 1.52 bits per heavy atom. The number of nitrogens with zero attached hydrogens (tertiary/aromatic N) is 1. The molecule has 0 atom stereocenters. The van der Waals surface area contributed by atoms with Crippen molar-refractivity contribution in [2.24, 2.45) is 11.8 Å². The smallest absolute Gasteiger partial charge is 0.214 e. The Morgan fingerprint density at radius 1 is 0.857 bits per heavy atom. The second kappa shape index (κ2) is 6.97. The number of hydrogen-bond donors (Lipinski definition) is 1. The second-order valence-electron chi connectivity index (χ2n) is 7.31. The fourth-order valence-electron chi connectivity index (χ4n) is 3.75. The van der Waals surface area contributed by atoms with E-state index in [2.05, 4.69) is 5.32 Å². The Hall–Kier alpha value is -0.130. The van der Waals surface area contributed by atoms with Gasteiger partial charge in [0.05, 0.1) is 5.75 Å². The van der Waals surface area contributed by atoms with Crippen molar-refractivity contribution in [1.29, 1.82) is 0 Å². The lowest BCUT2D eigenvalue weighted by Gasteiger charge is -2.33. The van der Waals surface area contributed by atoms with Gasteiger partial charge >= 0.3 is 0 Å². The van der Waals surface area contributed by atoms with E-state index in [0.717, 1.165) is 51.2 Å². The van der Waals surface area contributed by atoms with Gasteiger partial charge in [-0.15, -0.1) is 0 Å². The molecule has 0 aromatic heterocycles. The van der Waals surface area contributed by atoms with Crippen molar-refractivity contribution in [1.82, 2.24) is 9.62 Å². The van der Waals surface area contributed by atoms with E-state index < -0.39 is 10.0 Å². The highest BCUT2D eigenvalue weighted by atomic mass is 32.2. The van der Waals surface area contributed by atoms with Gasteiger partial charge < -0.3 is 5.32 Å². The van der Waals surface area contributed by atoms with Gasteiger partial charge in [-0.1, -0.05) is 19.3 Å². The van der Waals surface area contributed by atoms with Crippen molar-refractivity contribution in [3.8, 4) is 0 Å². The number of hydrogen-bond acceptors (Lipinski definition) is 3. The fraction of sp³-hybridized carbons (Fsp3) is 1.00. The van der Waals surface area contributed by atoms with Crippen molar-refractivity contribution in [2.75, 3.05) is 25.4 Å². The number of sulfonamides is 1. The lowest BCUT2D eigenvalue weighted by atomic mass is 9.91. The van der Waals surface area contributed by atoms with Crippen LogP contribution in [0, 0.1) is 11.8 Å². The van der Waals surface area contributed by atoms with Gasteiger partial charge in [-0.3, -0.25) is 0 Å². The zero-order chi connectivity index (χ0) is 14.7. The third-order valence-corrected chi connectivity index (χ3v) is 7.46. The Morgan fingerprint density at radius 3 is 2.14 bits per heavy atom. The molecule has 0 aromatic carbocycles. The van der Waals surface area contributed by atoms with Gasteiger partial charge in [0.25, 0.3) is 0 Å². The van der Waals surface area contributed by atoms with Crippen molar-refractivity contribution in [2.45, 2.75) is 63.8 Å². The predicted molar refractivity (Wildman–Crippen MR) is 85.7 cm³/mol. The van der Waals surface area contributed by atoms with Crippen LogP contribution in [-0.2, 0) is 10.0 Å². The number of piperidine rings is 1. The first-order valence-electron chi connectivity index (χ1n) is 8.85. The van der Waals surface area contributed by atoms with Gasteiger partial charge in [-0.2, -0.15) is 0 Å². The SMILES string of the molecule is O=S(=O)(CC1CCCCC1)N1CCC(NCC2CC2)CC1. The molecule has 1 aliphatic heterocycles. The summed E-state index contributed by atoms with van der Waals surface area (Å²) in [6.07, 6.45) is 10.7. The molecule has 5 heteroatoms. The lowest BCUT2D eigenvalue weighted by molar-refractivity contribution is 0.284. The van der Waals surface area contributed by atoms with Crippen LogP contribution in [0.15, 0.2) is 0 Å². The molecule has 4 nitrogen and oxygen atoms in total. The van der Waals surface area contributed by atoms with Crippen LogP contribution < -0.4 is 5.32 Å². The summed E-state index contributed by atoms with van der Waals surface area (Å²) in [6, 6.07) is 0.534. The maximum atomic E-state index is 12.5. The summed E-state index contributed by atoms with van der Waals surface area (Å²) in [7, 11) is -3.02. The van der Waals surface area contributed by atoms with Crippen LogP contribution in [0.5, 0.6) is 0 Å². The molecule has 0 radical (unpaired) electrons. The largest absolute Gasteiger partial charge is 0.314 e. The molecule has 0 bridgehead atoms. The summed E-state index contributed by atoms with van der Waals surface area (Å²) in [4.78, 5) is 0. The topological polar surface area (TPSA) is 49.4 Å². The van der Waals surface area contributed by atoms with E-state index in [1.54, 1.807) is 4.31 Å². The van der Waals surface area contributed by atoms with E-state index in [1.807, 2.05) is 0 Å². The van der Waals surface area contributed by atoms with Crippen molar-refractivity contribution in [3.05, 3.63) is 0 Å². The van der Waals surface area contributed by atoms with Gasteiger partial charge in [0.1, 0.15) is 0 Å². The molecule has 2 saturated carbocycles. The van der Waals surface area contributed by atoms with Gasteiger partial charge in [0.15, 0.2) is 0 Å². The Kier molecular flexibility index (Phi) is 5.23. The van der Waals surface area contributed by atoms with E-state index in [0.29, 0.717) is 17.7 Å². The first-order chi connectivity index (χ1) is 10.1. The molecule has 0 amide bonds. The van der Waals surface area contributed by atoms with Gasteiger partial charge in [0.2, 0.25) is 10.0 Å². The van der Waals surface area contributed by atoms with Crippen LogP contribution in [0.3, 0.4) is 0 Å². The summed E-state index contributed by atoms with van der Waals surface area (Å²) < 4.78 is 26.8. The quantitative estimate of drug-likeness (QED) is 0.819. The molecule has 3 aliphatic rings. The highest BCUT2D eigenvalue weighted by Crippen LogP contribution is 2.29. The Balaban J connectivity index is 1.43. The molecular weight excluding hydrogens is 284 g/mol. The van der Waals surface area contributed by atoms with Crippen LogP contribution in [0.2, 0.25) is 0 Å². The second-order valence-corrected chi connectivity index (χ2v) is 9.32. The van der Waals surface area contributed by atoms with Crippen molar-refractivity contribution < 1.29 is 8.42 Å². The molecule has 3 rings (SSSR count). The first-order valence-corrected chi connectivity index (χ1v) is 10.5. The summed E-state index contributed by atoms with van der Waals surface area (Å²) in [5.41, 5.74) is 0. The molecule has 3 fully saturated rings. The van der Waals surface area contributed by atoms with E-state index in [-0.39, 0.29) is 0 Å². The summed E-state index contributed by atoms with van der Waals surface area (Å²) in [5, 5.41) is 3.62. The van der Waals surface area contributed by atoms with Gasteiger partial charge in [-0.25, -0.2) is 12.7 Å². The molecule has 1 N–H and O–H groups in total. The molecule has 0 aromatic rings. The van der Waals surface area contributed by atoms with E-state index in [4.69, 9.17) is 0 Å². The maximum Gasteiger partial charge on any atom is 0.214 e. The summed E-state index contributed by atoms with van der Waals surface area (Å²) in [5.74, 6) is 1.71.